The number of unbranched alkanes of at least 4 members (excludes halogenated alkanes) is 12. The highest BCUT2D eigenvalue weighted by Gasteiger charge is 2.45. The summed E-state index contributed by atoms with van der Waals surface area (Å²) in [6.07, 6.45) is 18.4. The topological polar surface area (TPSA) is 52.6 Å². The van der Waals surface area contributed by atoms with Crippen LogP contribution in [0.3, 0.4) is 0 Å². The summed E-state index contributed by atoms with van der Waals surface area (Å²) in [5.41, 5.74) is -0.373. The van der Waals surface area contributed by atoms with Gasteiger partial charge in [-0.25, -0.2) is 0 Å². The van der Waals surface area contributed by atoms with E-state index in [1.807, 2.05) is 0 Å². The van der Waals surface area contributed by atoms with Gasteiger partial charge in [0.25, 0.3) is 0 Å². The SMILES string of the molecule is CCCCCCOC(=O)CCCCCCCCCC(C(=O)OCCCCCC)(C(C)C)C(C)C. The zero-order valence-electron chi connectivity index (χ0n) is 23.7. The molecule has 0 aliphatic rings. The van der Waals surface area contributed by atoms with Crippen LogP contribution in [0.5, 0.6) is 0 Å². The summed E-state index contributed by atoms with van der Waals surface area (Å²) < 4.78 is 11.1. The van der Waals surface area contributed by atoms with Gasteiger partial charge in [-0.15, -0.1) is 0 Å². The summed E-state index contributed by atoms with van der Waals surface area (Å²) in [5, 5.41) is 0. The molecule has 202 valence electrons. The maximum absolute atomic E-state index is 13.1. The van der Waals surface area contributed by atoms with Crippen molar-refractivity contribution in [3.8, 4) is 0 Å². The molecule has 0 aromatic carbocycles. The molecule has 0 aliphatic carbocycles. The first-order valence-corrected chi connectivity index (χ1v) is 14.7. The predicted octanol–water partition coefficient (Wildman–Crippen LogP) is 9.04. The lowest BCUT2D eigenvalue weighted by Gasteiger charge is -2.39. The second-order valence-electron chi connectivity index (χ2n) is 10.8. The van der Waals surface area contributed by atoms with Crippen molar-refractivity contribution >= 4 is 11.9 Å². The Morgan fingerprint density at radius 1 is 0.588 bits per heavy atom. The van der Waals surface area contributed by atoms with E-state index in [1.165, 1.54) is 44.9 Å². The molecule has 0 rings (SSSR count). The van der Waals surface area contributed by atoms with Gasteiger partial charge in [-0.1, -0.05) is 119 Å². The van der Waals surface area contributed by atoms with Crippen LogP contribution in [-0.4, -0.2) is 25.2 Å². The smallest absolute Gasteiger partial charge is 0.312 e. The van der Waals surface area contributed by atoms with Crippen molar-refractivity contribution < 1.29 is 19.1 Å². The van der Waals surface area contributed by atoms with Crippen molar-refractivity contribution in [3.63, 3.8) is 0 Å². The van der Waals surface area contributed by atoms with Crippen LogP contribution in [0.1, 0.15) is 151 Å². The quantitative estimate of drug-likeness (QED) is 0.108. The van der Waals surface area contributed by atoms with Gasteiger partial charge in [0.2, 0.25) is 0 Å². The Bertz CT molecular complexity index is 490. The minimum absolute atomic E-state index is 0.0197. The van der Waals surface area contributed by atoms with Crippen molar-refractivity contribution in [1.29, 1.82) is 0 Å². The largest absolute Gasteiger partial charge is 0.466 e. The second-order valence-corrected chi connectivity index (χ2v) is 10.8. The third kappa shape index (κ3) is 14.4. The van der Waals surface area contributed by atoms with Gasteiger partial charge in [0.05, 0.1) is 18.6 Å². The van der Waals surface area contributed by atoms with Gasteiger partial charge in [-0.3, -0.25) is 9.59 Å². The maximum Gasteiger partial charge on any atom is 0.312 e. The Hall–Kier alpha value is -1.06. The fourth-order valence-electron chi connectivity index (χ4n) is 5.00. The van der Waals surface area contributed by atoms with Gasteiger partial charge in [0, 0.05) is 6.42 Å². The highest BCUT2D eigenvalue weighted by Crippen LogP contribution is 2.42. The van der Waals surface area contributed by atoms with Crippen LogP contribution in [-0.2, 0) is 19.1 Å². The molecule has 0 fully saturated rings. The Kier molecular flexibility index (Phi) is 20.6. The van der Waals surface area contributed by atoms with Gasteiger partial charge < -0.3 is 9.47 Å². The Morgan fingerprint density at radius 3 is 1.53 bits per heavy atom. The molecule has 0 heterocycles. The zero-order valence-corrected chi connectivity index (χ0v) is 23.7. The zero-order chi connectivity index (χ0) is 25.7. The number of esters is 2. The van der Waals surface area contributed by atoms with Gasteiger partial charge >= 0.3 is 11.9 Å². The molecule has 34 heavy (non-hydrogen) atoms. The lowest BCUT2D eigenvalue weighted by molar-refractivity contribution is -0.164. The molecule has 0 radical (unpaired) electrons. The monoisotopic (exact) mass is 482 g/mol. The molecule has 0 spiro atoms. The van der Waals surface area contributed by atoms with E-state index in [0.29, 0.717) is 19.6 Å². The van der Waals surface area contributed by atoms with E-state index in [2.05, 4.69) is 41.5 Å². The van der Waals surface area contributed by atoms with Crippen molar-refractivity contribution in [2.45, 2.75) is 151 Å². The number of hydrogen-bond donors (Lipinski definition) is 0. The molecule has 0 unspecified atom stereocenters. The molecule has 0 aromatic heterocycles. The summed E-state index contributed by atoms with van der Waals surface area (Å²) in [4.78, 5) is 24.9. The molecule has 0 atom stereocenters. The van der Waals surface area contributed by atoms with Gasteiger partial charge in [0.1, 0.15) is 0 Å². The highest BCUT2D eigenvalue weighted by atomic mass is 16.5. The van der Waals surface area contributed by atoms with Gasteiger partial charge in [0.15, 0.2) is 0 Å². The first-order valence-electron chi connectivity index (χ1n) is 14.7. The molecule has 0 saturated carbocycles. The van der Waals surface area contributed by atoms with Crippen LogP contribution in [0.15, 0.2) is 0 Å². The average molecular weight is 483 g/mol. The third-order valence-corrected chi connectivity index (χ3v) is 7.40. The summed E-state index contributed by atoms with van der Waals surface area (Å²) >= 11 is 0. The molecule has 0 saturated heterocycles. The highest BCUT2D eigenvalue weighted by molar-refractivity contribution is 5.77. The van der Waals surface area contributed by atoms with Crippen molar-refractivity contribution in [1.82, 2.24) is 0 Å². The van der Waals surface area contributed by atoms with Crippen LogP contribution in [0.2, 0.25) is 0 Å². The molecule has 0 amide bonds. The van der Waals surface area contributed by atoms with Crippen LogP contribution < -0.4 is 0 Å². The molecule has 4 heteroatoms. The van der Waals surface area contributed by atoms with E-state index in [1.54, 1.807) is 0 Å². The molecule has 0 aliphatic heterocycles. The lowest BCUT2D eigenvalue weighted by atomic mass is 9.66. The van der Waals surface area contributed by atoms with Gasteiger partial charge in [-0.05, 0) is 37.5 Å². The maximum atomic E-state index is 13.1. The predicted molar refractivity (Wildman–Crippen MR) is 144 cm³/mol. The summed E-state index contributed by atoms with van der Waals surface area (Å²) in [6, 6.07) is 0. The van der Waals surface area contributed by atoms with E-state index < -0.39 is 0 Å². The van der Waals surface area contributed by atoms with Gasteiger partial charge in [-0.2, -0.15) is 0 Å². The van der Waals surface area contributed by atoms with E-state index in [-0.39, 0.29) is 29.2 Å². The van der Waals surface area contributed by atoms with Crippen LogP contribution in [0.4, 0.5) is 0 Å². The summed E-state index contributed by atoms with van der Waals surface area (Å²) in [7, 11) is 0. The fraction of sp³-hybridized carbons (Fsp3) is 0.933. The minimum Gasteiger partial charge on any atom is -0.466 e. The first kappa shape index (κ1) is 32.9. The minimum atomic E-state index is -0.373. The van der Waals surface area contributed by atoms with Crippen LogP contribution in [0.25, 0.3) is 0 Å². The standard InChI is InChI=1S/C30H58O4/c1-7-9-11-20-24-33-28(31)22-18-16-14-13-15-17-19-23-30(26(3)4,27(5)6)29(32)34-25-21-12-10-8-2/h26-27H,7-25H2,1-6H3. The number of ether oxygens (including phenoxy) is 2. The normalized spacial score (nSPS) is 11.9. The molecular weight excluding hydrogens is 424 g/mol. The summed E-state index contributed by atoms with van der Waals surface area (Å²) in [5.74, 6) is 0.544. The molecule has 0 N–H and O–H groups in total. The van der Waals surface area contributed by atoms with Crippen molar-refractivity contribution in [2.24, 2.45) is 17.3 Å². The van der Waals surface area contributed by atoms with Crippen LogP contribution >= 0.6 is 0 Å². The number of carbonyl (C=O) groups is 2. The fourth-order valence-corrected chi connectivity index (χ4v) is 5.00. The first-order chi connectivity index (χ1) is 16.3. The second kappa shape index (κ2) is 21.2. The Morgan fingerprint density at radius 2 is 1.03 bits per heavy atom. The van der Waals surface area contributed by atoms with Crippen molar-refractivity contribution in [2.75, 3.05) is 13.2 Å². The van der Waals surface area contributed by atoms with Crippen molar-refractivity contribution in [3.05, 3.63) is 0 Å². The molecule has 0 bridgehead atoms. The van der Waals surface area contributed by atoms with E-state index >= 15 is 0 Å². The van der Waals surface area contributed by atoms with Crippen LogP contribution in [0, 0.1) is 17.3 Å². The molecular formula is C30H58O4. The Labute approximate surface area is 212 Å². The lowest BCUT2D eigenvalue weighted by Crippen LogP contribution is -2.42. The molecule has 4 nitrogen and oxygen atoms in total. The van der Waals surface area contributed by atoms with E-state index in [0.717, 1.165) is 57.8 Å². The number of hydrogen-bond acceptors (Lipinski definition) is 4. The molecule has 0 aromatic rings. The van der Waals surface area contributed by atoms with E-state index in [4.69, 9.17) is 9.47 Å². The summed E-state index contributed by atoms with van der Waals surface area (Å²) in [6.45, 7) is 14.2. The van der Waals surface area contributed by atoms with E-state index in [9.17, 15) is 9.59 Å². The number of rotatable bonds is 23. The third-order valence-electron chi connectivity index (χ3n) is 7.40. The average Bonchev–Trinajstić information content (AvgIpc) is 2.79. The Balaban J connectivity index is 4.08. The number of carbonyl (C=O) groups excluding carboxylic acids is 2.